The summed E-state index contributed by atoms with van der Waals surface area (Å²) in [6.45, 7) is -3.74. The van der Waals surface area contributed by atoms with Gasteiger partial charge in [-0.25, -0.2) is 0 Å². The Kier molecular flexibility index (Phi) is 34.3. The highest BCUT2D eigenvalue weighted by molar-refractivity contribution is 5.74. The Morgan fingerprint density at radius 1 is 0.237 bits per heavy atom. The van der Waals surface area contributed by atoms with Crippen molar-refractivity contribution in [2.75, 3.05) is 52.9 Å². The van der Waals surface area contributed by atoms with E-state index in [9.17, 15) is 152 Å². The molecule has 10 fully saturated rings. The Morgan fingerprint density at radius 3 is 0.949 bits per heavy atom. The van der Waals surface area contributed by atoms with Gasteiger partial charge in [0.25, 0.3) is 0 Å². The molecule has 52 nitrogen and oxygen atoms in total. The molecule has 0 radical (unpaired) electrons. The second-order valence-electron chi connectivity index (χ2n) is 30.2. The molecule has 50 atom stereocenters. The maximum Gasteiger partial charge on any atom is 0.217 e. The molecule has 3 amide bonds. The zero-order valence-electron chi connectivity index (χ0n) is 63.6. The SMILES string of the molecule is CC(=O)N[C@H]1[C@H](OC[C@H]2O[C@@H](O[C@H]3[C@H](O)[C@@H](O)C(O)O[C@@H]3CO)[C@H](O)[C@@H](O[C@@H]3O[C@H](CO)[C@@H](O)[C@H](O[C@@H]4O[C@H](CO)[C@H](O)[C@H](O)[C@H]4O)[C@H]3NC(C)=O)[C@H]2O)O[C@H](CO)[C@@H](OC2O[C@H](CO)[C@H](O)[C@H](O[C@@H]3O[C@H](CO)[C@@H](O)[C@H](O[C@@H]4O[C@H](CO)[C@H](O)[C@H](O)[C@H]4O[C@@H]4O[C@@H](C)[C@@H](O)[C@@H](O)[C@@H]4O)[C@H]3NC(C)=O)[C@H]2O)[C@@H]1O[C@@H]1O[C@@H](C)[C@@H](O)[C@@H](O)[C@@H]1O. The van der Waals surface area contributed by atoms with Gasteiger partial charge in [-0.3, -0.25) is 14.4 Å². The van der Waals surface area contributed by atoms with Crippen LogP contribution in [0, 0.1) is 0 Å². The van der Waals surface area contributed by atoms with E-state index in [1.165, 1.54) is 13.8 Å². The zero-order valence-corrected chi connectivity index (χ0v) is 63.6. The second-order valence-corrected chi connectivity index (χ2v) is 30.2. The van der Waals surface area contributed by atoms with E-state index < -0.39 is 377 Å². The molecule has 684 valence electrons. The number of nitrogens with one attached hydrogen (secondary N) is 3. The van der Waals surface area contributed by atoms with E-state index in [0.717, 1.165) is 20.8 Å². The lowest BCUT2D eigenvalue weighted by molar-refractivity contribution is -0.394. The van der Waals surface area contributed by atoms with Gasteiger partial charge in [-0.05, 0) is 13.8 Å². The Balaban J connectivity index is 0.968. The molecule has 30 N–H and O–H groups in total. The number of amides is 3. The van der Waals surface area contributed by atoms with Crippen LogP contribution in [0.5, 0.6) is 0 Å². The molecule has 10 aliphatic heterocycles. The van der Waals surface area contributed by atoms with Gasteiger partial charge < -0.3 is 244 Å². The largest absolute Gasteiger partial charge is 0.394 e. The number of hydrogen-bond acceptors (Lipinski definition) is 49. The summed E-state index contributed by atoms with van der Waals surface area (Å²) in [6.07, 6.45) is -96.7. The summed E-state index contributed by atoms with van der Waals surface area (Å²) in [5, 5.41) is 307. The van der Waals surface area contributed by atoms with Crippen LogP contribution in [0.1, 0.15) is 34.6 Å². The van der Waals surface area contributed by atoms with E-state index in [1.54, 1.807) is 0 Å². The lowest BCUT2D eigenvalue weighted by Crippen LogP contribution is -2.71. The van der Waals surface area contributed by atoms with Crippen molar-refractivity contribution in [2.24, 2.45) is 0 Å². The van der Waals surface area contributed by atoms with Crippen LogP contribution in [0.25, 0.3) is 0 Å². The number of hydrogen-bond donors (Lipinski definition) is 30. The van der Waals surface area contributed by atoms with Crippen molar-refractivity contribution in [1.82, 2.24) is 16.0 Å². The van der Waals surface area contributed by atoms with Crippen LogP contribution < -0.4 is 16.0 Å². The number of carbonyl (C=O) groups is 3. The van der Waals surface area contributed by atoms with Crippen LogP contribution in [0.3, 0.4) is 0 Å². The molecule has 118 heavy (non-hydrogen) atoms. The Bertz CT molecular complexity index is 3140. The monoisotopic (exact) mass is 1730 g/mol. The lowest BCUT2D eigenvalue weighted by Gasteiger charge is -2.52. The van der Waals surface area contributed by atoms with Crippen molar-refractivity contribution in [1.29, 1.82) is 0 Å². The first-order chi connectivity index (χ1) is 55.8. The minimum Gasteiger partial charge on any atom is -0.394 e. The van der Waals surface area contributed by atoms with Crippen molar-refractivity contribution in [3.63, 3.8) is 0 Å². The van der Waals surface area contributed by atoms with Gasteiger partial charge in [0.2, 0.25) is 17.7 Å². The minimum atomic E-state index is -2.49. The molecular formula is C66H111N3O49. The highest BCUT2D eigenvalue weighted by Crippen LogP contribution is 2.41. The van der Waals surface area contributed by atoms with Crippen LogP contribution >= 0.6 is 0 Å². The molecule has 0 bridgehead atoms. The average molecular weight is 1730 g/mol. The maximum atomic E-state index is 13.6. The molecule has 0 aliphatic carbocycles. The molecule has 2 unspecified atom stereocenters. The smallest absolute Gasteiger partial charge is 0.217 e. The predicted octanol–water partition coefficient (Wildman–Crippen LogP) is -20.3. The summed E-state index contributed by atoms with van der Waals surface area (Å²) in [7, 11) is 0. The molecule has 0 aromatic rings. The number of aliphatic hydroxyl groups excluding tert-OH is 27. The van der Waals surface area contributed by atoms with Crippen LogP contribution in [0.4, 0.5) is 0 Å². The third kappa shape index (κ3) is 20.8. The Morgan fingerprint density at radius 2 is 0.517 bits per heavy atom. The molecule has 10 saturated heterocycles. The summed E-state index contributed by atoms with van der Waals surface area (Å²) >= 11 is 0. The van der Waals surface area contributed by atoms with Crippen LogP contribution in [-0.4, -0.2) is 515 Å². The highest BCUT2D eigenvalue weighted by Gasteiger charge is 2.62. The van der Waals surface area contributed by atoms with E-state index in [1.807, 2.05) is 0 Å². The number of ether oxygens (including phenoxy) is 19. The zero-order chi connectivity index (χ0) is 86.8. The van der Waals surface area contributed by atoms with Crippen LogP contribution in [0.2, 0.25) is 0 Å². The summed E-state index contributed by atoms with van der Waals surface area (Å²) in [5.74, 6) is -2.94. The highest BCUT2D eigenvalue weighted by atomic mass is 16.8. The summed E-state index contributed by atoms with van der Waals surface area (Å²) in [4.78, 5) is 39.9. The molecule has 0 spiro atoms. The minimum absolute atomic E-state index is 0.918. The van der Waals surface area contributed by atoms with Crippen molar-refractivity contribution >= 4 is 17.7 Å². The number of carbonyl (C=O) groups excluding carboxylic acids is 3. The van der Waals surface area contributed by atoms with Crippen molar-refractivity contribution < 1.29 is 242 Å². The van der Waals surface area contributed by atoms with Gasteiger partial charge in [0, 0.05) is 20.8 Å². The van der Waals surface area contributed by atoms with E-state index >= 15 is 0 Å². The first kappa shape index (κ1) is 96.8. The molecule has 10 heterocycles. The van der Waals surface area contributed by atoms with Crippen LogP contribution in [-0.2, 0) is 104 Å². The van der Waals surface area contributed by atoms with Crippen molar-refractivity contribution in [3.05, 3.63) is 0 Å². The fourth-order valence-corrected chi connectivity index (χ4v) is 15.4. The van der Waals surface area contributed by atoms with E-state index in [2.05, 4.69) is 16.0 Å². The standard InChI is InChI=1S/C66H111N3O49/c1-14-30(80)38(88)44(94)61(101-14)115-53-29(69-18(5)79)58(100-13-26-37(87)55(48(98)65(110-26)111-49-24(11-75)103-57(99)43(93)42(49)92)117-59-27(67-16(3)77)51(34(84)21(8-72)104-59)113-63-46(96)40(90)32(82)19(6-70)106-63)109-25(12-76)50(53)112-64-47(97)54(36(86)23(10-74)107-64)116-60-28(68-17(4)78)52(35(85)22(9-73)105-60)114-66-56(41(91)33(83)20(7-71)108-66)118-62-45(95)39(89)31(81)15(2)102-62/h14-15,19-66,70-76,80-99H,6-13H2,1-5H3,(H,67,77)(H,68,78)(H,69,79)/t14-,15-,19+,20+,21+,22+,23+,24+,25+,26+,27+,28+,29+,30+,31+,32-,33-,34+,35+,36-,37-,38+,39+,40-,41-,42+,43+,44-,45-,46+,47+,48+,49+,50+,51+,52+,53+,54-,55-,56+,57?,58+,59-,60-,61-,62-,63-,64?,65-,66-/m0/s1. The predicted molar refractivity (Wildman–Crippen MR) is 362 cm³/mol. The van der Waals surface area contributed by atoms with Crippen molar-refractivity contribution in [2.45, 2.75) is 341 Å². The lowest BCUT2D eigenvalue weighted by atomic mass is 9.93. The quantitative estimate of drug-likeness (QED) is 0.0331. The first-order valence-corrected chi connectivity index (χ1v) is 37.9. The molecule has 10 aliphatic rings. The maximum absolute atomic E-state index is 13.6. The summed E-state index contributed by atoms with van der Waals surface area (Å²) < 4.78 is 113. The van der Waals surface area contributed by atoms with E-state index in [-0.39, 0.29) is 0 Å². The molecule has 0 aromatic heterocycles. The molecule has 10 rings (SSSR count). The van der Waals surface area contributed by atoms with Gasteiger partial charge in [0.15, 0.2) is 62.9 Å². The van der Waals surface area contributed by atoms with Crippen LogP contribution in [0.15, 0.2) is 0 Å². The van der Waals surface area contributed by atoms with Gasteiger partial charge in [0.05, 0.1) is 65.1 Å². The average Bonchev–Trinajstić information content (AvgIpc) is 0.767. The summed E-state index contributed by atoms with van der Waals surface area (Å²) in [5.41, 5.74) is 0. The van der Waals surface area contributed by atoms with Gasteiger partial charge >= 0.3 is 0 Å². The fourth-order valence-electron chi connectivity index (χ4n) is 15.4. The van der Waals surface area contributed by atoms with E-state index in [0.29, 0.717) is 0 Å². The van der Waals surface area contributed by atoms with E-state index in [4.69, 9.17) is 90.0 Å². The van der Waals surface area contributed by atoms with Gasteiger partial charge in [0.1, 0.15) is 232 Å². The van der Waals surface area contributed by atoms with Gasteiger partial charge in [-0.1, -0.05) is 0 Å². The fraction of sp³-hybridized carbons (Fsp3) is 0.955. The molecule has 0 saturated carbocycles. The first-order valence-electron chi connectivity index (χ1n) is 37.9. The Labute approximate surface area is 668 Å². The van der Waals surface area contributed by atoms with Gasteiger partial charge in [-0.2, -0.15) is 0 Å². The third-order valence-corrected chi connectivity index (χ3v) is 22.0. The number of aliphatic hydroxyl groups is 27. The Hall–Kier alpha value is -3.43. The van der Waals surface area contributed by atoms with Crippen molar-refractivity contribution in [3.8, 4) is 0 Å². The topological polar surface area (TPSA) is 809 Å². The molecule has 52 heteroatoms. The molecular weight excluding hydrogens is 1620 g/mol. The molecule has 0 aromatic carbocycles. The third-order valence-electron chi connectivity index (χ3n) is 22.0. The summed E-state index contributed by atoms with van der Waals surface area (Å²) in [6, 6.07) is -5.91. The second kappa shape index (κ2) is 41.8. The van der Waals surface area contributed by atoms with Gasteiger partial charge in [-0.15, -0.1) is 0 Å². The normalized spacial score (nSPS) is 51.1. The number of rotatable bonds is 29.